The molecule has 16 heavy (non-hydrogen) atoms. The molecule has 1 aliphatic carbocycles. The predicted molar refractivity (Wildman–Crippen MR) is 54.6 cm³/mol. The van der Waals surface area contributed by atoms with E-state index in [1.807, 2.05) is 0 Å². The molecule has 0 bridgehead atoms. The van der Waals surface area contributed by atoms with E-state index in [1.165, 1.54) is 0 Å². The van der Waals surface area contributed by atoms with Crippen molar-refractivity contribution >= 4 is 9.84 Å². The number of halogens is 2. The van der Waals surface area contributed by atoms with Crippen molar-refractivity contribution in [3.63, 3.8) is 0 Å². The summed E-state index contributed by atoms with van der Waals surface area (Å²) >= 11 is 0. The maximum Gasteiger partial charge on any atom is 0.178 e. The van der Waals surface area contributed by atoms with E-state index in [4.69, 9.17) is 5.73 Å². The molecule has 6 heteroatoms. The van der Waals surface area contributed by atoms with Gasteiger partial charge in [-0.1, -0.05) is 0 Å². The second kappa shape index (κ2) is 3.24. The summed E-state index contributed by atoms with van der Waals surface area (Å²) < 4.78 is 49.4. The van der Waals surface area contributed by atoms with Gasteiger partial charge in [0.25, 0.3) is 0 Å². The highest BCUT2D eigenvalue weighted by molar-refractivity contribution is 7.90. The molecule has 2 rings (SSSR count). The lowest BCUT2D eigenvalue weighted by atomic mass is 10.1. The van der Waals surface area contributed by atoms with Gasteiger partial charge in [-0.05, 0) is 25.0 Å². The number of nitrogens with two attached hydrogens (primary N) is 1. The Balaban J connectivity index is 2.60. The molecule has 88 valence electrons. The van der Waals surface area contributed by atoms with Crippen LogP contribution < -0.4 is 5.73 Å². The monoisotopic (exact) mass is 247 g/mol. The Morgan fingerprint density at radius 3 is 2.25 bits per heavy atom. The van der Waals surface area contributed by atoms with Gasteiger partial charge in [-0.15, -0.1) is 0 Å². The Morgan fingerprint density at radius 2 is 1.81 bits per heavy atom. The molecule has 0 unspecified atom stereocenters. The molecule has 1 aromatic rings. The molecule has 0 radical (unpaired) electrons. The second-order valence-electron chi connectivity index (χ2n) is 4.19. The van der Waals surface area contributed by atoms with Crippen molar-refractivity contribution in [3.8, 4) is 0 Å². The maximum absolute atomic E-state index is 13.6. The van der Waals surface area contributed by atoms with Gasteiger partial charge in [0.2, 0.25) is 0 Å². The van der Waals surface area contributed by atoms with E-state index >= 15 is 0 Å². The Morgan fingerprint density at radius 1 is 1.25 bits per heavy atom. The zero-order chi connectivity index (χ0) is 12.1. The van der Waals surface area contributed by atoms with Crippen LogP contribution in [0, 0.1) is 11.6 Å². The third-order valence-electron chi connectivity index (χ3n) is 2.75. The second-order valence-corrected chi connectivity index (χ2v) is 6.17. The predicted octanol–water partition coefficient (Wildman–Crippen LogP) is 1.32. The van der Waals surface area contributed by atoms with Crippen LogP contribution in [0.2, 0.25) is 0 Å². The van der Waals surface area contributed by atoms with Crippen LogP contribution in [-0.4, -0.2) is 14.7 Å². The highest BCUT2D eigenvalue weighted by Crippen LogP contribution is 2.44. The number of hydrogen-bond donors (Lipinski definition) is 1. The van der Waals surface area contributed by atoms with Crippen LogP contribution in [0.5, 0.6) is 0 Å². The van der Waals surface area contributed by atoms with Crippen LogP contribution in [0.4, 0.5) is 8.78 Å². The van der Waals surface area contributed by atoms with Crippen molar-refractivity contribution < 1.29 is 17.2 Å². The van der Waals surface area contributed by atoms with Crippen molar-refractivity contribution in [1.29, 1.82) is 0 Å². The molecule has 0 spiro atoms. The van der Waals surface area contributed by atoms with Gasteiger partial charge in [0.05, 0.1) is 0 Å². The van der Waals surface area contributed by atoms with Gasteiger partial charge < -0.3 is 5.73 Å². The van der Waals surface area contributed by atoms with Crippen molar-refractivity contribution in [2.24, 2.45) is 5.73 Å². The minimum atomic E-state index is -3.75. The fraction of sp³-hybridized carbons (Fsp3) is 0.400. The van der Waals surface area contributed by atoms with Crippen LogP contribution in [0.15, 0.2) is 17.0 Å². The molecule has 0 aliphatic heterocycles. The Hall–Kier alpha value is -1.01. The Kier molecular flexibility index (Phi) is 2.32. The van der Waals surface area contributed by atoms with Crippen molar-refractivity contribution in [1.82, 2.24) is 0 Å². The molecule has 0 saturated heterocycles. The first-order chi connectivity index (χ1) is 7.24. The summed E-state index contributed by atoms with van der Waals surface area (Å²) in [4.78, 5) is -0.627. The maximum atomic E-state index is 13.6. The summed E-state index contributed by atoms with van der Waals surface area (Å²) in [7, 11) is -3.75. The topological polar surface area (TPSA) is 60.2 Å². The van der Waals surface area contributed by atoms with Crippen LogP contribution in [0.1, 0.15) is 18.4 Å². The zero-order valence-corrected chi connectivity index (χ0v) is 9.44. The van der Waals surface area contributed by atoms with Gasteiger partial charge in [0.1, 0.15) is 16.5 Å². The van der Waals surface area contributed by atoms with Crippen LogP contribution >= 0.6 is 0 Å². The third-order valence-corrected chi connectivity index (χ3v) is 3.86. The lowest BCUT2D eigenvalue weighted by molar-refractivity contribution is 0.533. The van der Waals surface area contributed by atoms with Crippen LogP contribution in [0.25, 0.3) is 0 Å². The van der Waals surface area contributed by atoms with Crippen molar-refractivity contribution in [2.75, 3.05) is 6.26 Å². The Labute approximate surface area is 92.2 Å². The molecular formula is C10H11F2NO2S. The number of rotatable bonds is 2. The fourth-order valence-corrected chi connectivity index (χ4v) is 2.33. The molecular weight excluding hydrogens is 236 g/mol. The van der Waals surface area contributed by atoms with E-state index in [1.54, 1.807) is 0 Å². The van der Waals surface area contributed by atoms with Crippen LogP contribution in [-0.2, 0) is 15.4 Å². The number of sulfone groups is 1. The van der Waals surface area contributed by atoms with E-state index in [0.29, 0.717) is 18.9 Å². The van der Waals surface area contributed by atoms with Gasteiger partial charge in [0, 0.05) is 17.4 Å². The van der Waals surface area contributed by atoms with E-state index < -0.39 is 31.9 Å². The first-order valence-electron chi connectivity index (χ1n) is 4.72. The van der Waals surface area contributed by atoms with Gasteiger partial charge in [-0.25, -0.2) is 17.2 Å². The molecule has 2 N–H and O–H groups in total. The first-order valence-corrected chi connectivity index (χ1v) is 6.62. The number of benzene rings is 1. The summed E-state index contributed by atoms with van der Waals surface area (Å²) in [5.41, 5.74) is 4.98. The lowest BCUT2D eigenvalue weighted by Gasteiger charge is -2.12. The summed E-state index contributed by atoms with van der Waals surface area (Å²) in [6.45, 7) is 0. The molecule has 3 nitrogen and oxygen atoms in total. The normalized spacial score (nSPS) is 18.5. The molecule has 0 amide bonds. The van der Waals surface area contributed by atoms with E-state index in [9.17, 15) is 17.2 Å². The summed E-state index contributed by atoms with van der Waals surface area (Å²) in [5, 5.41) is 0. The molecule has 0 aromatic heterocycles. The quantitative estimate of drug-likeness (QED) is 0.857. The van der Waals surface area contributed by atoms with Gasteiger partial charge in [0.15, 0.2) is 9.84 Å². The molecule has 1 fully saturated rings. The zero-order valence-electron chi connectivity index (χ0n) is 8.63. The largest absolute Gasteiger partial charge is 0.321 e. The fourth-order valence-electron chi connectivity index (χ4n) is 1.60. The summed E-state index contributed by atoms with van der Waals surface area (Å²) in [6.07, 6.45) is 2.00. The molecule has 1 aromatic carbocycles. The van der Waals surface area contributed by atoms with E-state index in [2.05, 4.69) is 0 Å². The smallest absolute Gasteiger partial charge is 0.178 e. The summed E-state index contributed by atoms with van der Waals surface area (Å²) in [5.74, 6) is -1.71. The van der Waals surface area contributed by atoms with Gasteiger partial charge >= 0.3 is 0 Å². The van der Waals surface area contributed by atoms with Gasteiger partial charge in [-0.2, -0.15) is 0 Å². The minimum Gasteiger partial charge on any atom is -0.321 e. The average molecular weight is 247 g/mol. The average Bonchev–Trinajstić information content (AvgIpc) is 2.86. The lowest BCUT2D eigenvalue weighted by Crippen LogP contribution is -2.21. The highest BCUT2D eigenvalue weighted by Gasteiger charge is 2.42. The number of hydrogen-bond acceptors (Lipinski definition) is 3. The summed E-state index contributed by atoms with van der Waals surface area (Å²) in [6, 6.07) is 1.59. The molecule has 0 heterocycles. The molecule has 1 saturated carbocycles. The Bertz CT molecular complexity index is 550. The van der Waals surface area contributed by atoms with Gasteiger partial charge in [-0.3, -0.25) is 0 Å². The minimum absolute atomic E-state index is 0.0531. The SMILES string of the molecule is CS(=O)(=O)c1cc(F)c(C2(N)CC2)cc1F. The third kappa shape index (κ3) is 1.82. The van der Waals surface area contributed by atoms with Crippen LogP contribution in [0.3, 0.4) is 0 Å². The first kappa shape index (κ1) is 11.5. The standard InChI is InChI=1S/C10H11F2NO2S/c1-16(14,15)9-5-7(11)6(4-8(9)12)10(13)2-3-10/h4-5H,2-3,13H2,1H3. The van der Waals surface area contributed by atoms with Crippen molar-refractivity contribution in [2.45, 2.75) is 23.3 Å². The van der Waals surface area contributed by atoms with E-state index in [0.717, 1.165) is 12.3 Å². The molecule has 0 atom stereocenters. The van der Waals surface area contributed by atoms with Crippen molar-refractivity contribution in [3.05, 3.63) is 29.3 Å². The highest BCUT2D eigenvalue weighted by atomic mass is 32.2. The van der Waals surface area contributed by atoms with E-state index in [-0.39, 0.29) is 5.56 Å². The molecule has 1 aliphatic rings.